The Bertz CT molecular complexity index is 482. The third-order valence-corrected chi connectivity index (χ3v) is 4.68. The molecule has 2 aromatic rings. The quantitative estimate of drug-likeness (QED) is 0.770. The molecule has 0 bridgehead atoms. The van der Waals surface area contributed by atoms with Crippen molar-refractivity contribution in [1.29, 1.82) is 0 Å². The fraction of sp³-hybridized carbons (Fsp3) is 0.0769. The maximum atomic E-state index is 12.3. The summed E-state index contributed by atoms with van der Waals surface area (Å²) in [5.41, 5.74) is 1.17. The summed E-state index contributed by atoms with van der Waals surface area (Å²) in [5, 5.41) is 0. The maximum Gasteiger partial charge on any atom is 0.172 e. The van der Waals surface area contributed by atoms with Crippen LogP contribution in [0.1, 0.15) is 5.56 Å². The largest absolute Gasteiger partial charge is 0.606 e. The van der Waals surface area contributed by atoms with Crippen molar-refractivity contribution in [3.8, 4) is 0 Å². The van der Waals surface area contributed by atoms with Gasteiger partial charge in [-0.05, 0) is 47.1 Å². The zero-order valence-electron chi connectivity index (χ0n) is 8.81. The number of hydrogen-bond acceptors (Lipinski definition) is 1. The topological polar surface area (TPSA) is 23.1 Å². The molecule has 0 saturated carbocycles. The van der Waals surface area contributed by atoms with E-state index < -0.39 is 11.2 Å². The van der Waals surface area contributed by atoms with Gasteiger partial charge in [-0.25, -0.2) is 0 Å². The van der Waals surface area contributed by atoms with Gasteiger partial charge < -0.3 is 4.55 Å². The van der Waals surface area contributed by atoms with Crippen LogP contribution in [-0.4, -0.2) is 4.55 Å². The fourth-order valence-corrected chi connectivity index (χ4v) is 3.19. The molecule has 0 radical (unpaired) electrons. The molecule has 0 fully saturated rings. The summed E-state index contributed by atoms with van der Waals surface area (Å²) in [6.07, 6.45) is 0. The summed E-state index contributed by atoms with van der Waals surface area (Å²) in [7, 11) is 0. The van der Waals surface area contributed by atoms with Gasteiger partial charge in [-0.1, -0.05) is 29.8 Å². The monoisotopic (exact) mass is 294 g/mol. The molecule has 1 atom stereocenters. The Kier molecular flexibility index (Phi) is 3.69. The predicted molar refractivity (Wildman–Crippen MR) is 70.0 cm³/mol. The summed E-state index contributed by atoms with van der Waals surface area (Å²) >= 11 is 2.30. The highest BCUT2D eigenvalue weighted by molar-refractivity contribution is 9.10. The van der Waals surface area contributed by atoms with Gasteiger partial charge in [-0.15, -0.1) is 0 Å². The summed E-state index contributed by atoms with van der Waals surface area (Å²) in [6.45, 7) is 2.02. The van der Waals surface area contributed by atoms with Gasteiger partial charge in [0.05, 0.1) is 4.47 Å². The molecule has 16 heavy (non-hydrogen) atoms. The lowest BCUT2D eigenvalue weighted by Crippen LogP contribution is -2.02. The Morgan fingerprint density at radius 2 is 1.62 bits per heavy atom. The van der Waals surface area contributed by atoms with E-state index in [1.165, 1.54) is 5.56 Å². The summed E-state index contributed by atoms with van der Waals surface area (Å²) in [6, 6.07) is 15.4. The summed E-state index contributed by atoms with van der Waals surface area (Å²) in [5.74, 6) is 0. The Labute approximate surface area is 107 Å². The average molecular weight is 295 g/mol. The van der Waals surface area contributed by atoms with Gasteiger partial charge in [0.25, 0.3) is 0 Å². The third-order valence-electron chi connectivity index (χ3n) is 2.27. The predicted octanol–water partition coefficient (Wildman–Crippen LogP) is 3.92. The molecular formula is C13H11BrOS. The van der Waals surface area contributed by atoms with Crippen LogP contribution in [0.25, 0.3) is 0 Å². The molecule has 0 aliphatic carbocycles. The average Bonchev–Trinajstić information content (AvgIpc) is 2.30. The number of halogens is 1. The molecule has 0 spiro atoms. The smallest absolute Gasteiger partial charge is 0.172 e. The Balaban J connectivity index is 2.35. The Morgan fingerprint density at radius 3 is 2.25 bits per heavy atom. The van der Waals surface area contributed by atoms with Crippen molar-refractivity contribution >= 4 is 27.1 Å². The van der Waals surface area contributed by atoms with Crippen LogP contribution in [-0.2, 0) is 11.2 Å². The summed E-state index contributed by atoms with van der Waals surface area (Å²) < 4.78 is 13.1. The van der Waals surface area contributed by atoms with E-state index in [-0.39, 0.29) is 0 Å². The van der Waals surface area contributed by atoms with E-state index in [0.717, 1.165) is 14.3 Å². The molecule has 0 amide bonds. The molecule has 1 nitrogen and oxygen atoms in total. The highest BCUT2D eigenvalue weighted by Crippen LogP contribution is 2.27. The minimum absolute atomic E-state index is 0.811. The molecule has 0 aliphatic heterocycles. The number of hydrogen-bond donors (Lipinski definition) is 0. The Morgan fingerprint density at radius 1 is 1.00 bits per heavy atom. The molecule has 82 valence electrons. The molecule has 0 heterocycles. The van der Waals surface area contributed by atoms with Crippen molar-refractivity contribution in [3.05, 3.63) is 58.6 Å². The van der Waals surface area contributed by atoms with Gasteiger partial charge in [0.15, 0.2) is 9.79 Å². The van der Waals surface area contributed by atoms with Gasteiger partial charge in [0.2, 0.25) is 0 Å². The second kappa shape index (κ2) is 5.04. The van der Waals surface area contributed by atoms with Crippen molar-refractivity contribution < 1.29 is 4.55 Å². The SMILES string of the molecule is Cc1ccc([S+]([O-])c2ccccc2Br)cc1. The van der Waals surface area contributed by atoms with Crippen molar-refractivity contribution in [2.75, 3.05) is 0 Å². The minimum atomic E-state index is -1.11. The molecule has 3 heteroatoms. The van der Waals surface area contributed by atoms with Gasteiger partial charge in [-0.3, -0.25) is 0 Å². The molecule has 0 saturated heterocycles. The van der Waals surface area contributed by atoms with Gasteiger partial charge >= 0.3 is 0 Å². The second-order valence-electron chi connectivity index (χ2n) is 3.51. The van der Waals surface area contributed by atoms with Crippen molar-refractivity contribution in [1.82, 2.24) is 0 Å². The van der Waals surface area contributed by atoms with Crippen molar-refractivity contribution in [2.45, 2.75) is 16.7 Å². The zero-order chi connectivity index (χ0) is 11.5. The molecule has 0 N–H and O–H groups in total. The van der Waals surface area contributed by atoms with E-state index >= 15 is 0 Å². The van der Waals surface area contributed by atoms with Gasteiger partial charge in [0.1, 0.15) is 0 Å². The van der Waals surface area contributed by atoms with Crippen molar-refractivity contribution in [3.63, 3.8) is 0 Å². The first-order valence-corrected chi connectivity index (χ1v) is 6.86. The molecule has 2 rings (SSSR count). The van der Waals surface area contributed by atoms with Crippen LogP contribution in [0.5, 0.6) is 0 Å². The molecule has 2 aromatic carbocycles. The number of rotatable bonds is 2. The molecule has 1 unspecified atom stereocenters. The Hall–Kier alpha value is -0.770. The van der Waals surface area contributed by atoms with Crippen LogP contribution in [0.15, 0.2) is 62.8 Å². The van der Waals surface area contributed by atoms with Crippen LogP contribution in [0.3, 0.4) is 0 Å². The summed E-state index contributed by atoms with van der Waals surface area (Å²) in [4.78, 5) is 1.64. The van der Waals surface area contributed by atoms with Gasteiger partial charge in [-0.2, -0.15) is 0 Å². The van der Waals surface area contributed by atoms with E-state index in [2.05, 4.69) is 15.9 Å². The zero-order valence-corrected chi connectivity index (χ0v) is 11.2. The van der Waals surface area contributed by atoms with Gasteiger partial charge in [0, 0.05) is 11.2 Å². The molecule has 0 aliphatic rings. The first-order valence-electron chi connectivity index (χ1n) is 4.91. The maximum absolute atomic E-state index is 12.3. The second-order valence-corrected chi connectivity index (χ2v) is 5.82. The first-order chi connectivity index (χ1) is 7.68. The van der Waals surface area contributed by atoms with Crippen LogP contribution >= 0.6 is 15.9 Å². The first kappa shape index (κ1) is 11.7. The van der Waals surface area contributed by atoms with Crippen LogP contribution in [0, 0.1) is 6.92 Å². The normalized spacial score (nSPS) is 12.4. The number of aryl methyl sites for hydroxylation is 1. The van der Waals surface area contributed by atoms with Crippen LogP contribution in [0.2, 0.25) is 0 Å². The standard InChI is InChI=1S/C13H11BrOS/c1-10-6-8-11(9-7-10)16(15)13-5-3-2-4-12(13)14/h2-9H,1H3. The van der Waals surface area contributed by atoms with E-state index in [9.17, 15) is 4.55 Å². The highest BCUT2D eigenvalue weighted by Gasteiger charge is 2.16. The fourth-order valence-electron chi connectivity index (χ4n) is 1.38. The highest BCUT2D eigenvalue weighted by atomic mass is 79.9. The molecular weight excluding hydrogens is 284 g/mol. The lowest BCUT2D eigenvalue weighted by Gasteiger charge is -2.11. The van der Waals surface area contributed by atoms with E-state index in [1.54, 1.807) is 0 Å². The van der Waals surface area contributed by atoms with E-state index in [1.807, 2.05) is 55.5 Å². The third kappa shape index (κ3) is 2.48. The van der Waals surface area contributed by atoms with E-state index in [0.29, 0.717) is 0 Å². The van der Waals surface area contributed by atoms with Crippen LogP contribution in [0.4, 0.5) is 0 Å². The lowest BCUT2D eigenvalue weighted by atomic mass is 10.2. The lowest BCUT2D eigenvalue weighted by molar-refractivity contribution is 0.594. The van der Waals surface area contributed by atoms with Crippen LogP contribution < -0.4 is 0 Å². The number of benzene rings is 2. The van der Waals surface area contributed by atoms with Crippen molar-refractivity contribution in [2.24, 2.45) is 0 Å². The molecule has 0 aromatic heterocycles. The van der Waals surface area contributed by atoms with E-state index in [4.69, 9.17) is 0 Å². The minimum Gasteiger partial charge on any atom is -0.606 e.